The van der Waals surface area contributed by atoms with E-state index in [-0.39, 0.29) is 18.9 Å². The number of rotatable bonds is 4. The van der Waals surface area contributed by atoms with Gasteiger partial charge in [0.2, 0.25) is 5.91 Å². The van der Waals surface area contributed by atoms with Crippen molar-refractivity contribution in [2.24, 2.45) is 7.05 Å². The molecule has 0 atom stereocenters. The molecule has 0 aliphatic rings. The van der Waals surface area contributed by atoms with E-state index in [1.54, 1.807) is 0 Å². The summed E-state index contributed by atoms with van der Waals surface area (Å²) in [5.74, 6) is -1.32. The molecule has 0 aliphatic heterocycles. The van der Waals surface area contributed by atoms with E-state index in [1.807, 2.05) is 29.9 Å². The summed E-state index contributed by atoms with van der Waals surface area (Å²) in [5.41, 5.74) is 0.855. The molecular formula is C9H12N2O3. The van der Waals surface area contributed by atoms with Gasteiger partial charge in [0, 0.05) is 18.9 Å². The van der Waals surface area contributed by atoms with Crippen molar-refractivity contribution in [3.05, 3.63) is 24.0 Å². The fraction of sp³-hybridized carbons (Fsp3) is 0.333. The van der Waals surface area contributed by atoms with Crippen LogP contribution in [0, 0.1) is 0 Å². The summed E-state index contributed by atoms with van der Waals surface area (Å²) >= 11 is 0. The van der Waals surface area contributed by atoms with E-state index in [9.17, 15) is 9.59 Å². The highest BCUT2D eigenvalue weighted by atomic mass is 16.4. The minimum atomic E-state index is -1.04. The molecule has 5 heteroatoms. The van der Waals surface area contributed by atoms with Gasteiger partial charge >= 0.3 is 5.97 Å². The predicted molar refractivity (Wildman–Crippen MR) is 49.8 cm³/mol. The second-order valence-electron chi connectivity index (χ2n) is 2.96. The molecule has 1 heterocycles. The number of amides is 1. The molecule has 0 fully saturated rings. The molecule has 1 amide bonds. The molecule has 1 rings (SSSR count). The van der Waals surface area contributed by atoms with Crippen LogP contribution >= 0.6 is 0 Å². The monoisotopic (exact) mass is 196 g/mol. The Morgan fingerprint density at radius 2 is 2.29 bits per heavy atom. The van der Waals surface area contributed by atoms with Crippen molar-refractivity contribution < 1.29 is 14.7 Å². The van der Waals surface area contributed by atoms with Gasteiger partial charge in [0.25, 0.3) is 0 Å². The van der Waals surface area contributed by atoms with Crippen molar-refractivity contribution in [3.63, 3.8) is 0 Å². The van der Waals surface area contributed by atoms with E-state index < -0.39 is 5.97 Å². The molecule has 0 saturated carbocycles. The van der Waals surface area contributed by atoms with Crippen LogP contribution in [0.1, 0.15) is 5.69 Å². The third-order valence-corrected chi connectivity index (χ3v) is 1.83. The first kappa shape index (κ1) is 10.3. The number of hydrogen-bond acceptors (Lipinski definition) is 2. The largest absolute Gasteiger partial charge is 0.480 e. The van der Waals surface area contributed by atoms with Crippen LogP contribution in [0.15, 0.2) is 18.3 Å². The molecular weight excluding hydrogens is 184 g/mol. The van der Waals surface area contributed by atoms with Crippen LogP contribution in [0.5, 0.6) is 0 Å². The molecule has 0 saturated heterocycles. The van der Waals surface area contributed by atoms with Gasteiger partial charge in [0.15, 0.2) is 0 Å². The average molecular weight is 196 g/mol. The molecule has 0 bridgehead atoms. The molecule has 76 valence electrons. The van der Waals surface area contributed by atoms with Crippen LogP contribution in [-0.2, 0) is 23.1 Å². The van der Waals surface area contributed by atoms with Crippen LogP contribution < -0.4 is 5.32 Å². The molecule has 2 N–H and O–H groups in total. The first-order valence-corrected chi connectivity index (χ1v) is 4.18. The summed E-state index contributed by atoms with van der Waals surface area (Å²) < 4.78 is 1.82. The Morgan fingerprint density at radius 3 is 2.79 bits per heavy atom. The van der Waals surface area contributed by atoms with Crippen LogP contribution in [0.25, 0.3) is 0 Å². The Kier molecular flexibility index (Phi) is 3.28. The number of aliphatic carboxylic acids is 1. The van der Waals surface area contributed by atoms with Gasteiger partial charge in [0.1, 0.15) is 6.54 Å². The van der Waals surface area contributed by atoms with Crippen molar-refractivity contribution in [2.45, 2.75) is 6.42 Å². The quantitative estimate of drug-likeness (QED) is 0.698. The highest BCUT2D eigenvalue weighted by Gasteiger charge is 2.06. The van der Waals surface area contributed by atoms with Crippen LogP contribution in [-0.4, -0.2) is 28.1 Å². The molecule has 5 nitrogen and oxygen atoms in total. The lowest BCUT2D eigenvalue weighted by molar-refractivity contribution is -0.137. The average Bonchev–Trinajstić information content (AvgIpc) is 2.49. The van der Waals surface area contributed by atoms with Crippen LogP contribution in [0.2, 0.25) is 0 Å². The summed E-state index contributed by atoms with van der Waals surface area (Å²) in [6, 6.07) is 3.65. The number of carboxylic acids is 1. The number of carbonyl (C=O) groups is 2. The van der Waals surface area contributed by atoms with E-state index in [2.05, 4.69) is 5.32 Å². The van der Waals surface area contributed by atoms with Crippen molar-refractivity contribution in [1.82, 2.24) is 9.88 Å². The Bertz CT molecular complexity index is 344. The first-order valence-electron chi connectivity index (χ1n) is 4.18. The number of nitrogens with zero attached hydrogens (tertiary/aromatic N) is 1. The second-order valence-corrected chi connectivity index (χ2v) is 2.96. The van der Waals surface area contributed by atoms with Crippen molar-refractivity contribution >= 4 is 11.9 Å². The molecule has 1 aromatic heterocycles. The molecule has 1 aromatic rings. The van der Waals surface area contributed by atoms with Gasteiger partial charge in [-0.15, -0.1) is 0 Å². The second kappa shape index (κ2) is 4.45. The van der Waals surface area contributed by atoms with Gasteiger partial charge < -0.3 is 15.0 Å². The van der Waals surface area contributed by atoms with Gasteiger partial charge in [-0.1, -0.05) is 0 Å². The highest BCUT2D eigenvalue weighted by Crippen LogP contribution is 1.99. The van der Waals surface area contributed by atoms with Gasteiger partial charge in [-0.25, -0.2) is 0 Å². The SMILES string of the molecule is Cn1cccc1CC(=O)NCC(=O)O. The lowest BCUT2D eigenvalue weighted by Crippen LogP contribution is -2.30. The predicted octanol–water partition coefficient (Wildman–Crippen LogP) is -0.232. The van der Waals surface area contributed by atoms with Crippen molar-refractivity contribution in [1.29, 1.82) is 0 Å². The molecule has 0 aliphatic carbocycles. The first-order chi connectivity index (χ1) is 6.59. The fourth-order valence-corrected chi connectivity index (χ4v) is 1.08. The summed E-state index contributed by atoms with van der Waals surface area (Å²) in [4.78, 5) is 21.3. The van der Waals surface area contributed by atoms with Crippen molar-refractivity contribution in [3.8, 4) is 0 Å². The third kappa shape index (κ3) is 2.93. The number of nitrogens with one attached hydrogen (secondary N) is 1. The van der Waals surface area contributed by atoms with Gasteiger partial charge in [-0.3, -0.25) is 9.59 Å². The Labute approximate surface area is 81.3 Å². The lowest BCUT2D eigenvalue weighted by atomic mass is 10.3. The summed E-state index contributed by atoms with van der Waals surface area (Å²) in [6.45, 7) is -0.330. The zero-order valence-electron chi connectivity index (χ0n) is 7.86. The number of carboxylic acid groups (broad SMARTS) is 1. The minimum absolute atomic E-state index is 0.205. The maximum Gasteiger partial charge on any atom is 0.322 e. The normalized spacial score (nSPS) is 9.79. The smallest absolute Gasteiger partial charge is 0.322 e. The Hall–Kier alpha value is -1.78. The van der Waals surface area contributed by atoms with E-state index >= 15 is 0 Å². The number of aryl methyl sites for hydroxylation is 1. The van der Waals surface area contributed by atoms with Crippen LogP contribution in [0.4, 0.5) is 0 Å². The molecule has 14 heavy (non-hydrogen) atoms. The zero-order chi connectivity index (χ0) is 10.6. The summed E-state index contributed by atoms with van der Waals surface area (Å²) in [7, 11) is 1.83. The highest BCUT2D eigenvalue weighted by molar-refractivity contribution is 5.82. The Morgan fingerprint density at radius 1 is 1.57 bits per heavy atom. The van der Waals surface area contributed by atoms with Gasteiger partial charge in [-0.05, 0) is 12.1 Å². The van der Waals surface area contributed by atoms with E-state index in [1.165, 1.54) is 0 Å². The van der Waals surface area contributed by atoms with E-state index in [4.69, 9.17) is 5.11 Å². The molecule has 0 unspecified atom stereocenters. The maximum atomic E-state index is 11.2. The number of carbonyl (C=O) groups excluding carboxylic acids is 1. The Balaban J connectivity index is 2.42. The molecule has 0 aromatic carbocycles. The minimum Gasteiger partial charge on any atom is -0.480 e. The zero-order valence-corrected chi connectivity index (χ0v) is 7.86. The molecule has 0 radical (unpaired) electrons. The summed E-state index contributed by atoms with van der Waals surface area (Å²) in [6.07, 6.45) is 2.04. The van der Waals surface area contributed by atoms with Gasteiger partial charge in [0.05, 0.1) is 6.42 Å². The van der Waals surface area contributed by atoms with Gasteiger partial charge in [-0.2, -0.15) is 0 Å². The van der Waals surface area contributed by atoms with E-state index in [0.717, 1.165) is 5.69 Å². The fourth-order valence-electron chi connectivity index (χ4n) is 1.08. The molecule has 0 spiro atoms. The third-order valence-electron chi connectivity index (χ3n) is 1.83. The topological polar surface area (TPSA) is 71.3 Å². The van der Waals surface area contributed by atoms with Crippen molar-refractivity contribution in [2.75, 3.05) is 6.54 Å². The lowest BCUT2D eigenvalue weighted by Gasteiger charge is -2.03. The maximum absolute atomic E-state index is 11.2. The standard InChI is InChI=1S/C9H12N2O3/c1-11-4-2-3-7(11)5-8(12)10-6-9(13)14/h2-4H,5-6H2,1H3,(H,10,12)(H,13,14). The van der Waals surface area contributed by atoms with E-state index in [0.29, 0.717) is 0 Å². The number of hydrogen-bond donors (Lipinski definition) is 2. The number of aromatic nitrogens is 1. The van der Waals surface area contributed by atoms with Crippen LogP contribution in [0.3, 0.4) is 0 Å². The summed E-state index contributed by atoms with van der Waals surface area (Å²) in [5, 5.41) is 10.6.